The lowest BCUT2D eigenvalue weighted by Gasteiger charge is -2.42. The SMILES string of the molecule is Clc1cccc(CNC2(Cc3cc(COc4ccccc4)on3)COC2)c1. The summed E-state index contributed by atoms with van der Waals surface area (Å²) in [5, 5.41) is 8.53. The third-order valence-corrected chi connectivity index (χ3v) is 4.80. The Morgan fingerprint density at radius 1 is 1.07 bits per heavy atom. The average molecular weight is 385 g/mol. The van der Waals surface area contributed by atoms with E-state index in [0.29, 0.717) is 25.6 Å². The molecule has 0 spiro atoms. The Labute approximate surface area is 163 Å². The standard InChI is InChI=1S/C21H21ClN2O3/c22-17-6-4-5-16(9-17)12-23-21(14-25-15-21)11-18-10-20(27-24-18)13-26-19-7-2-1-3-8-19/h1-10,23H,11-15H2. The van der Waals surface area contributed by atoms with Crippen LogP contribution in [0, 0.1) is 0 Å². The number of para-hydroxylation sites is 1. The van der Waals surface area contributed by atoms with Crippen molar-refractivity contribution in [2.75, 3.05) is 13.2 Å². The van der Waals surface area contributed by atoms with E-state index in [1.54, 1.807) is 0 Å². The molecule has 0 unspecified atom stereocenters. The third-order valence-electron chi connectivity index (χ3n) is 4.56. The van der Waals surface area contributed by atoms with Gasteiger partial charge in [0, 0.05) is 24.1 Å². The number of nitrogens with zero attached hydrogens (tertiary/aromatic N) is 1. The van der Waals surface area contributed by atoms with Crippen LogP contribution in [0.25, 0.3) is 0 Å². The van der Waals surface area contributed by atoms with Crippen LogP contribution < -0.4 is 10.1 Å². The van der Waals surface area contributed by atoms with Gasteiger partial charge in [0.25, 0.3) is 0 Å². The van der Waals surface area contributed by atoms with Crippen molar-refractivity contribution in [1.82, 2.24) is 10.5 Å². The first-order valence-electron chi connectivity index (χ1n) is 8.90. The minimum Gasteiger partial charge on any atom is -0.486 e. The van der Waals surface area contributed by atoms with Crippen molar-refractivity contribution >= 4 is 11.6 Å². The van der Waals surface area contributed by atoms with Crippen LogP contribution in [0.3, 0.4) is 0 Å². The van der Waals surface area contributed by atoms with E-state index in [1.165, 1.54) is 0 Å². The van der Waals surface area contributed by atoms with Gasteiger partial charge in [-0.2, -0.15) is 0 Å². The summed E-state index contributed by atoms with van der Waals surface area (Å²) < 4.78 is 16.6. The first kappa shape index (κ1) is 18.0. The van der Waals surface area contributed by atoms with Gasteiger partial charge in [0.1, 0.15) is 12.4 Å². The molecule has 0 aliphatic carbocycles. The van der Waals surface area contributed by atoms with Crippen molar-refractivity contribution in [3.05, 3.63) is 82.7 Å². The number of hydrogen-bond donors (Lipinski definition) is 1. The number of rotatable bonds is 8. The largest absolute Gasteiger partial charge is 0.486 e. The molecule has 6 heteroatoms. The van der Waals surface area contributed by atoms with E-state index in [2.05, 4.69) is 16.5 Å². The average Bonchev–Trinajstić information content (AvgIpc) is 3.10. The number of ether oxygens (including phenoxy) is 2. The molecule has 2 aromatic carbocycles. The minimum absolute atomic E-state index is 0.128. The topological polar surface area (TPSA) is 56.5 Å². The number of halogens is 1. The van der Waals surface area contributed by atoms with Crippen molar-refractivity contribution in [1.29, 1.82) is 0 Å². The van der Waals surface area contributed by atoms with Gasteiger partial charge < -0.3 is 19.3 Å². The van der Waals surface area contributed by atoms with Gasteiger partial charge in [-0.1, -0.05) is 47.1 Å². The van der Waals surface area contributed by atoms with Crippen LogP contribution in [0.2, 0.25) is 5.02 Å². The molecule has 1 aliphatic heterocycles. The summed E-state index contributed by atoms with van der Waals surface area (Å²) in [7, 11) is 0. The van der Waals surface area contributed by atoms with Gasteiger partial charge in [0.2, 0.25) is 0 Å². The normalized spacial score (nSPS) is 15.3. The number of aromatic nitrogens is 1. The smallest absolute Gasteiger partial charge is 0.174 e. The van der Waals surface area contributed by atoms with Crippen molar-refractivity contribution < 1.29 is 14.0 Å². The molecule has 27 heavy (non-hydrogen) atoms. The number of nitrogens with one attached hydrogen (secondary N) is 1. The summed E-state index contributed by atoms with van der Waals surface area (Å²) in [5.41, 5.74) is 1.91. The second kappa shape index (κ2) is 8.13. The number of hydrogen-bond acceptors (Lipinski definition) is 5. The Morgan fingerprint density at radius 3 is 2.67 bits per heavy atom. The molecule has 1 fully saturated rings. The number of benzene rings is 2. The monoisotopic (exact) mass is 384 g/mol. The van der Waals surface area contributed by atoms with E-state index in [1.807, 2.05) is 54.6 Å². The maximum absolute atomic E-state index is 6.06. The second-order valence-corrected chi connectivity index (χ2v) is 7.26. The van der Waals surface area contributed by atoms with Gasteiger partial charge in [-0.25, -0.2) is 0 Å². The van der Waals surface area contributed by atoms with E-state index in [-0.39, 0.29) is 5.54 Å². The van der Waals surface area contributed by atoms with Crippen molar-refractivity contribution in [3.63, 3.8) is 0 Å². The molecule has 140 valence electrons. The molecule has 5 nitrogen and oxygen atoms in total. The van der Waals surface area contributed by atoms with E-state index >= 15 is 0 Å². The predicted octanol–water partition coefficient (Wildman–Crippen LogP) is 4.01. The highest BCUT2D eigenvalue weighted by Gasteiger charge is 2.39. The molecular formula is C21H21ClN2O3. The van der Waals surface area contributed by atoms with Gasteiger partial charge >= 0.3 is 0 Å². The van der Waals surface area contributed by atoms with Gasteiger partial charge in [-0.3, -0.25) is 0 Å². The molecule has 1 aliphatic rings. The van der Waals surface area contributed by atoms with Gasteiger partial charge in [0.05, 0.1) is 24.4 Å². The molecule has 0 saturated carbocycles. The van der Waals surface area contributed by atoms with E-state index < -0.39 is 0 Å². The summed E-state index contributed by atoms with van der Waals surface area (Å²) in [6, 6.07) is 19.5. The molecule has 0 atom stereocenters. The third kappa shape index (κ3) is 4.69. The summed E-state index contributed by atoms with van der Waals surface area (Å²) in [6.45, 7) is 2.38. The molecule has 0 bridgehead atoms. The quantitative estimate of drug-likeness (QED) is 0.636. The molecule has 1 saturated heterocycles. The van der Waals surface area contributed by atoms with Crippen LogP contribution in [-0.2, 0) is 24.3 Å². The zero-order valence-electron chi connectivity index (χ0n) is 14.9. The van der Waals surface area contributed by atoms with Crippen LogP contribution in [0.15, 0.2) is 65.2 Å². The zero-order valence-corrected chi connectivity index (χ0v) is 15.6. The van der Waals surface area contributed by atoms with E-state index in [9.17, 15) is 0 Å². The highest BCUT2D eigenvalue weighted by Crippen LogP contribution is 2.24. The van der Waals surface area contributed by atoms with Crippen LogP contribution in [0.5, 0.6) is 5.75 Å². The Morgan fingerprint density at radius 2 is 1.93 bits per heavy atom. The summed E-state index contributed by atoms with van der Waals surface area (Å²) in [4.78, 5) is 0. The van der Waals surface area contributed by atoms with E-state index in [0.717, 1.165) is 35.0 Å². The van der Waals surface area contributed by atoms with Crippen molar-refractivity contribution in [2.45, 2.75) is 25.1 Å². The van der Waals surface area contributed by atoms with Crippen molar-refractivity contribution in [2.24, 2.45) is 0 Å². The Bertz CT molecular complexity index is 878. The van der Waals surface area contributed by atoms with Crippen LogP contribution in [-0.4, -0.2) is 23.9 Å². The summed E-state index contributed by atoms with van der Waals surface area (Å²) in [6.07, 6.45) is 0.738. The fraction of sp³-hybridized carbons (Fsp3) is 0.286. The Kier molecular flexibility index (Phi) is 5.43. The highest BCUT2D eigenvalue weighted by atomic mass is 35.5. The fourth-order valence-corrected chi connectivity index (χ4v) is 3.29. The molecule has 0 radical (unpaired) electrons. The molecule has 4 rings (SSSR count). The first-order valence-corrected chi connectivity index (χ1v) is 9.28. The predicted molar refractivity (Wildman–Crippen MR) is 103 cm³/mol. The lowest BCUT2D eigenvalue weighted by molar-refractivity contribution is -0.0755. The molecule has 0 amide bonds. The maximum atomic E-state index is 6.06. The van der Waals surface area contributed by atoms with Gasteiger partial charge in [-0.05, 0) is 29.8 Å². The van der Waals surface area contributed by atoms with Gasteiger partial charge in [-0.15, -0.1) is 0 Å². The summed E-state index contributed by atoms with van der Waals surface area (Å²) >= 11 is 6.06. The minimum atomic E-state index is -0.128. The molecule has 1 N–H and O–H groups in total. The van der Waals surface area contributed by atoms with Crippen LogP contribution in [0.1, 0.15) is 17.0 Å². The zero-order chi connectivity index (χ0) is 18.5. The Balaban J connectivity index is 1.34. The molecule has 1 aromatic heterocycles. The van der Waals surface area contributed by atoms with E-state index in [4.69, 9.17) is 25.6 Å². The second-order valence-electron chi connectivity index (χ2n) is 6.82. The van der Waals surface area contributed by atoms with Crippen LogP contribution in [0.4, 0.5) is 0 Å². The van der Waals surface area contributed by atoms with Crippen LogP contribution >= 0.6 is 11.6 Å². The van der Waals surface area contributed by atoms with Gasteiger partial charge in [0.15, 0.2) is 5.76 Å². The molecule has 3 aromatic rings. The maximum Gasteiger partial charge on any atom is 0.174 e. The first-order chi connectivity index (χ1) is 13.2. The lowest BCUT2D eigenvalue weighted by Crippen LogP contribution is -2.61. The summed E-state index contributed by atoms with van der Waals surface area (Å²) in [5.74, 6) is 1.52. The molecular weight excluding hydrogens is 364 g/mol. The molecule has 2 heterocycles. The van der Waals surface area contributed by atoms with Crippen molar-refractivity contribution in [3.8, 4) is 5.75 Å². The highest BCUT2D eigenvalue weighted by molar-refractivity contribution is 6.30. The lowest BCUT2D eigenvalue weighted by atomic mass is 9.91. The Hall–Kier alpha value is -2.34. The fourth-order valence-electron chi connectivity index (χ4n) is 3.08.